The quantitative estimate of drug-likeness (QED) is 0.705. The van der Waals surface area contributed by atoms with Gasteiger partial charge in [0.1, 0.15) is 5.01 Å². The third-order valence-electron chi connectivity index (χ3n) is 3.26. The van der Waals surface area contributed by atoms with Crippen LogP contribution in [0.25, 0.3) is 10.6 Å². The lowest BCUT2D eigenvalue weighted by atomic mass is 10.2. The maximum Gasteiger partial charge on any atom is 0.225 e. The lowest BCUT2D eigenvalue weighted by Crippen LogP contribution is -2.27. The maximum atomic E-state index is 11.8. The van der Waals surface area contributed by atoms with Gasteiger partial charge < -0.3 is 5.32 Å². The third-order valence-corrected chi connectivity index (χ3v) is 5.33. The Balaban J connectivity index is 1.49. The van der Waals surface area contributed by atoms with Crippen molar-refractivity contribution in [2.45, 2.75) is 12.8 Å². The zero-order chi connectivity index (χ0) is 16.1. The summed E-state index contributed by atoms with van der Waals surface area (Å²) in [5.74, 6) is 0.0561. The summed E-state index contributed by atoms with van der Waals surface area (Å²) in [6.07, 6.45) is 1.19. The average molecular weight is 363 g/mol. The highest BCUT2D eigenvalue weighted by molar-refractivity contribution is 7.13. The molecular weight excluding hydrogens is 348 g/mol. The molecule has 3 aromatic rings. The number of thiazole rings is 1. The standard InChI is InChI=1S/C17H15ClN2OS2/c18-13-5-3-12(4-6-13)17-20-14(11-23-17)7-8-19-16(21)10-15-2-1-9-22-15/h1-6,9,11H,7-8,10H2,(H,19,21). The van der Waals surface area contributed by atoms with Crippen molar-refractivity contribution >= 4 is 40.2 Å². The zero-order valence-electron chi connectivity index (χ0n) is 12.3. The van der Waals surface area contributed by atoms with Gasteiger partial charge in [-0.05, 0) is 23.6 Å². The fraction of sp³-hybridized carbons (Fsp3) is 0.176. The number of hydrogen-bond donors (Lipinski definition) is 1. The topological polar surface area (TPSA) is 42.0 Å². The van der Waals surface area contributed by atoms with Crippen LogP contribution < -0.4 is 5.32 Å². The highest BCUT2D eigenvalue weighted by Gasteiger charge is 2.07. The summed E-state index contributed by atoms with van der Waals surface area (Å²) >= 11 is 9.10. The van der Waals surface area contributed by atoms with E-state index in [0.717, 1.165) is 32.6 Å². The largest absolute Gasteiger partial charge is 0.355 e. The second-order valence-corrected chi connectivity index (χ2v) is 7.33. The van der Waals surface area contributed by atoms with Gasteiger partial charge in [-0.15, -0.1) is 22.7 Å². The van der Waals surface area contributed by atoms with Gasteiger partial charge in [-0.25, -0.2) is 4.98 Å². The molecule has 0 fully saturated rings. The zero-order valence-corrected chi connectivity index (χ0v) is 14.7. The van der Waals surface area contributed by atoms with E-state index in [4.69, 9.17) is 11.6 Å². The first-order valence-corrected chi connectivity index (χ1v) is 9.34. The van der Waals surface area contributed by atoms with E-state index in [-0.39, 0.29) is 5.91 Å². The Hall–Kier alpha value is -1.69. The molecule has 0 saturated carbocycles. The van der Waals surface area contributed by atoms with Crippen LogP contribution in [0.5, 0.6) is 0 Å². The van der Waals surface area contributed by atoms with E-state index in [1.165, 1.54) is 0 Å². The number of halogens is 1. The number of amides is 1. The number of carbonyl (C=O) groups excluding carboxylic acids is 1. The van der Waals surface area contributed by atoms with Gasteiger partial charge in [0.15, 0.2) is 0 Å². The second kappa shape index (κ2) is 7.73. The number of hydrogen-bond acceptors (Lipinski definition) is 4. The molecule has 2 aromatic heterocycles. The highest BCUT2D eigenvalue weighted by atomic mass is 35.5. The van der Waals surface area contributed by atoms with Gasteiger partial charge in [0.2, 0.25) is 5.91 Å². The molecule has 0 unspecified atom stereocenters. The molecule has 0 atom stereocenters. The predicted molar refractivity (Wildman–Crippen MR) is 97.3 cm³/mol. The molecular formula is C17H15ClN2OS2. The molecule has 2 heterocycles. The molecule has 3 rings (SSSR count). The van der Waals surface area contributed by atoms with Crippen molar-refractivity contribution in [2.24, 2.45) is 0 Å². The SMILES string of the molecule is O=C(Cc1cccs1)NCCc1csc(-c2ccc(Cl)cc2)n1. The second-order valence-electron chi connectivity index (χ2n) is 5.01. The van der Waals surface area contributed by atoms with Crippen molar-refractivity contribution < 1.29 is 4.79 Å². The summed E-state index contributed by atoms with van der Waals surface area (Å²) in [5, 5.41) is 8.66. The number of nitrogens with zero attached hydrogens (tertiary/aromatic N) is 1. The van der Waals surface area contributed by atoms with Gasteiger partial charge in [-0.3, -0.25) is 4.79 Å². The Labute approximate surface area is 148 Å². The minimum atomic E-state index is 0.0561. The molecule has 23 heavy (non-hydrogen) atoms. The molecule has 1 amide bonds. The average Bonchev–Trinajstić information content (AvgIpc) is 3.20. The Morgan fingerprint density at radius 3 is 2.74 bits per heavy atom. The van der Waals surface area contributed by atoms with Crippen molar-refractivity contribution in [1.82, 2.24) is 10.3 Å². The minimum absolute atomic E-state index is 0.0561. The normalized spacial score (nSPS) is 10.7. The molecule has 0 aliphatic heterocycles. The Morgan fingerprint density at radius 1 is 1.17 bits per heavy atom. The van der Waals surface area contributed by atoms with E-state index in [1.54, 1.807) is 22.7 Å². The highest BCUT2D eigenvalue weighted by Crippen LogP contribution is 2.25. The molecule has 0 spiro atoms. The van der Waals surface area contributed by atoms with Crippen molar-refractivity contribution in [3.8, 4) is 10.6 Å². The van der Waals surface area contributed by atoms with Crippen LogP contribution in [0.2, 0.25) is 5.02 Å². The summed E-state index contributed by atoms with van der Waals surface area (Å²) in [6, 6.07) is 11.6. The smallest absolute Gasteiger partial charge is 0.225 e. The van der Waals surface area contributed by atoms with Gasteiger partial charge in [0.25, 0.3) is 0 Å². The van der Waals surface area contributed by atoms with Crippen LogP contribution in [0.3, 0.4) is 0 Å². The van der Waals surface area contributed by atoms with E-state index in [9.17, 15) is 4.79 Å². The number of nitrogens with one attached hydrogen (secondary N) is 1. The summed E-state index contributed by atoms with van der Waals surface area (Å²) < 4.78 is 0. The van der Waals surface area contributed by atoms with E-state index in [0.29, 0.717) is 13.0 Å². The van der Waals surface area contributed by atoms with Crippen molar-refractivity contribution in [3.05, 3.63) is 62.8 Å². The first-order valence-electron chi connectivity index (χ1n) is 7.20. The Bertz CT molecular complexity index is 766. The van der Waals surface area contributed by atoms with Crippen molar-refractivity contribution in [2.75, 3.05) is 6.54 Å². The first kappa shape index (κ1) is 16.2. The fourth-order valence-corrected chi connectivity index (χ4v) is 3.80. The summed E-state index contributed by atoms with van der Waals surface area (Å²) in [5.41, 5.74) is 2.06. The summed E-state index contributed by atoms with van der Waals surface area (Å²) in [7, 11) is 0. The van der Waals surface area contributed by atoms with Gasteiger partial charge in [-0.2, -0.15) is 0 Å². The molecule has 1 N–H and O–H groups in total. The van der Waals surface area contributed by atoms with Crippen LogP contribution in [0.1, 0.15) is 10.6 Å². The Morgan fingerprint density at radius 2 is 2.00 bits per heavy atom. The van der Waals surface area contributed by atoms with Crippen LogP contribution in [0.15, 0.2) is 47.2 Å². The minimum Gasteiger partial charge on any atom is -0.355 e. The summed E-state index contributed by atoms with van der Waals surface area (Å²) in [4.78, 5) is 17.5. The molecule has 3 nitrogen and oxygen atoms in total. The third kappa shape index (κ3) is 4.64. The molecule has 0 bridgehead atoms. The monoisotopic (exact) mass is 362 g/mol. The van der Waals surface area contributed by atoms with Gasteiger partial charge >= 0.3 is 0 Å². The molecule has 118 valence electrons. The lowest BCUT2D eigenvalue weighted by Gasteiger charge is -2.02. The number of aromatic nitrogens is 1. The molecule has 0 aliphatic rings. The number of rotatable bonds is 6. The molecule has 6 heteroatoms. The van der Waals surface area contributed by atoms with E-state index in [2.05, 4.69) is 10.3 Å². The van der Waals surface area contributed by atoms with Gasteiger partial charge in [0, 0.05) is 33.8 Å². The Kier molecular flexibility index (Phi) is 5.43. The lowest BCUT2D eigenvalue weighted by molar-refractivity contribution is -0.120. The van der Waals surface area contributed by atoms with Crippen molar-refractivity contribution in [3.63, 3.8) is 0 Å². The van der Waals surface area contributed by atoms with E-state index < -0.39 is 0 Å². The number of benzene rings is 1. The van der Waals surface area contributed by atoms with Gasteiger partial charge in [-0.1, -0.05) is 29.8 Å². The van der Waals surface area contributed by atoms with Crippen LogP contribution in [0, 0.1) is 0 Å². The molecule has 1 aromatic carbocycles. The van der Waals surface area contributed by atoms with E-state index >= 15 is 0 Å². The van der Waals surface area contributed by atoms with Crippen molar-refractivity contribution in [1.29, 1.82) is 0 Å². The van der Waals surface area contributed by atoms with Crippen LogP contribution >= 0.6 is 34.3 Å². The number of carbonyl (C=O) groups is 1. The van der Waals surface area contributed by atoms with Crippen LogP contribution in [-0.4, -0.2) is 17.4 Å². The molecule has 0 radical (unpaired) electrons. The fourth-order valence-electron chi connectivity index (χ4n) is 2.11. The maximum absolute atomic E-state index is 11.8. The summed E-state index contributed by atoms with van der Waals surface area (Å²) in [6.45, 7) is 0.605. The first-order chi connectivity index (χ1) is 11.2. The van der Waals surface area contributed by atoms with E-state index in [1.807, 2.05) is 47.2 Å². The molecule has 0 aliphatic carbocycles. The van der Waals surface area contributed by atoms with Crippen LogP contribution in [0.4, 0.5) is 0 Å². The van der Waals surface area contributed by atoms with Gasteiger partial charge in [0.05, 0.1) is 12.1 Å². The predicted octanol–water partition coefficient (Wildman–Crippen LogP) is 4.43. The number of thiophene rings is 1. The van der Waals surface area contributed by atoms with Crippen LogP contribution in [-0.2, 0) is 17.6 Å². The molecule has 0 saturated heterocycles.